The van der Waals surface area contributed by atoms with Crippen molar-refractivity contribution >= 4 is 33.1 Å². The average molecular weight is 452 g/mol. The molecule has 0 aliphatic rings. The van der Waals surface area contributed by atoms with E-state index < -0.39 is 29.3 Å². The first-order chi connectivity index (χ1) is 13.1. The molecule has 0 aliphatic heterocycles. The van der Waals surface area contributed by atoms with Crippen molar-refractivity contribution < 1.29 is 18.7 Å². The van der Waals surface area contributed by atoms with Crippen LogP contribution < -0.4 is 0 Å². The molecular formula is C20H20BrF2N3O2. The minimum atomic E-state index is -1.12. The van der Waals surface area contributed by atoms with Crippen molar-refractivity contribution in [2.24, 2.45) is 0 Å². The molecule has 2 aromatic carbocycles. The third-order valence-electron chi connectivity index (χ3n) is 4.43. The van der Waals surface area contributed by atoms with Crippen LogP contribution in [0.25, 0.3) is 11.0 Å². The Morgan fingerprint density at radius 2 is 1.96 bits per heavy atom. The smallest absolute Gasteiger partial charge is 0.408 e. The van der Waals surface area contributed by atoms with Gasteiger partial charge in [0, 0.05) is 18.0 Å². The van der Waals surface area contributed by atoms with Gasteiger partial charge in [0.1, 0.15) is 17.5 Å². The maximum Gasteiger partial charge on any atom is 0.408 e. The van der Waals surface area contributed by atoms with Crippen molar-refractivity contribution in [3.05, 3.63) is 63.9 Å². The lowest BCUT2D eigenvalue weighted by Gasteiger charge is -2.38. The fourth-order valence-electron chi connectivity index (χ4n) is 3.24. The number of halogens is 3. The van der Waals surface area contributed by atoms with Crippen LogP contribution >= 0.6 is 15.9 Å². The van der Waals surface area contributed by atoms with Gasteiger partial charge in [-0.3, -0.25) is 4.90 Å². The van der Waals surface area contributed by atoms with Gasteiger partial charge in [-0.15, -0.1) is 0 Å². The standard InChI is InChI=1S/C20H20BrF2N3O2/c1-20(2,3)26(19(27)28)17(9-11-4-6-13(21)14(23)8-11)18-24-15-7-5-12(22)10-16(15)25-18/h4-8,10,17H,9H2,1-3H3,(H,24,25)(H,27,28). The van der Waals surface area contributed by atoms with Crippen LogP contribution in [0.2, 0.25) is 0 Å². The summed E-state index contributed by atoms with van der Waals surface area (Å²) < 4.78 is 27.9. The van der Waals surface area contributed by atoms with Crippen LogP contribution in [0.5, 0.6) is 0 Å². The number of rotatable bonds is 4. The molecule has 1 unspecified atom stereocenters. The Morgan fingerprint density at radius 1 is 1.25 bits per heavy atom. The molecule has 2 N–H and O–H groups in total. The number of carboxylic acid groups (broad SMARTS) is 1. The van der Waals surface area contributed by atoms with Crippen LogP contribution in [-0.4, -0.2) is 31.6 Å². The summed E-state index contributed by atoms with van der Waals surface area (Å²) in [7, 11) is 0. The van der Waals surface area contributed by atoms with Crippen molar-refractivity contribution in [3.63, 3.8) is 0 Å². The van der Waals surface area contributed by atoms with Crippen LogP contribution in [0.4, 0.5) is 13.6 Å². The van der Waals surface area contributed by atoms with Gasteiger partial charge >= 0.3 is 6.09 Å². The Labute approximate surface area is 169 Å². The molecule has 0 spiro atoms. The van der Waals surface area contributed by atoms with Gasteiger partial charge in [-0.05, 0) is 66.5 Å². The van der Waals surface area contributed by atoms with Crippen LogP contribution in [0.1, 0.15) is 38.2 Å². The van der Waals surface area contributed by atoms with Crippen molar-refractivity contribution in [2.45, 2.75) is 38.8 Å². The summed E-state index contributed by atoms with van der Waals surface area (Å²) in [5, 5.41) is 9.88. The SMILES string of the molecule is CC(C)(C)N(C(=O)O)C(Cc1ccc(Br)c(F)c1)c1nc2cc(F)ccc2[nH]1. The van der Waals surface area contributed by atoms with Crippen molar-refractivity contribution in [3.8, 4) is 0 Å². The lowest BCUT2D eigenvalue weighted by atomic mass is 9.98. The Morgan fingerprint density at radius 3 is 2.57 bits per heavy atom. The summed E-state index contributed by atoms with van der Waals surface area (Å²) in [6.45, 7) is 5.33. The van der Waals surface area contributed by atoms with Gasteiger partial charge < -0.3 is 10.1 Å². The molecule has 5 nitrogen and oxygen atoms in total. The summed E-state index contributed by atoms with van der Waals surface area (Å²) in [5.41, 5.74) is 0.881. The molecule has 0 aliphatic carbocycles. The highest BCUT2D eigenvalue weighted by atomic mass is 79.9. The predicted octanol–water partition coefficient (Wildman–Crippen LogP) is 5.67. The minimum absolute atomic E-state index is 0.204. The number of amides is 1. The van der Waals surface area contributed by atoms with E-state index >= 15 is 0 Å². The van der Waals surface area contributed by atoms with Crippen LogP contribution in [0, 0.1) is 11.6 Å². The van der Waals surface area contributed by atoms with Crippen molar-refractivity contribution in [1.29, 1.82) is 0 Å². The molecule has 0 saturated heterocycles. The number of nitrogens with one attached hydrogen (secondary N) is 1. The molecule has 0 fully saturated rings. The number of hydrogen-bond acceptors (Lipinski definition) is 2. The average Bonchev–Trinajstić information content (AvgIpc) is 2.99. The highest BCUT2D eigenvalue weighted by Crippen LogP contribution is 2.32. The molecule has 1 aromatic heterocycles. The number of H-pyrrole nitrogens is 1. The first-order valence-corrected chi connectivity index (χ1v) is 9.47. The molecular weight excluding hydrogens is 432 g/mol. The Hall–Kier alpha value is -2.48. The van der Waals surface area contributed by atoms with Crippen LogP contribution in [0.15, 0.2) is 40.9 Å². The van der Waals surface area contributed by atoms with Gasteiger partial charge in [-0.25, -0.2) is 18.6 Å². The van der Waals surface area contributed by atoms with Crippen LogP contribution in [-0.2, 0) is 6.42 Å². The second-order valence-electron chi connectivity index (χ2n) is 7.58. The minimum Gasteiger partial charge on any atom is -0.465 e. The number of carbonyl (C=O) groups is 1. The number of aromatic amines is 1. The summed E-state index contributed by atoms with van der Waals surface area (Å²) in [6.07, 6.45) is -0.919. The summed E-state index contributed by atoms with van der Waals surface area (Å²) >= 11 is 3.12. The number of imidazole rings is 1. The van der Waals surface area contributed by atoms with Gasteiger partial charge in [0.2, 0.25) is 0 Å². The number of nitrogens with zero attached hydrogens (tertiary/aromatic N) is 2. The Balaban J connectivity index is 2.11. The van der Waals surface area contributed by atoms with E-state index in [0.717, 1.165) is 0 Å². The molecule has 0 radical (unpaired) electrons. The Kier molecular flexibility index (Phi) is 5.43. The quantitative estimate of drug-likeness (QED) is 0.536. The molecule has 1 heterocycles. The molecule has 28 heavy (non-hydrogen) atoms. The fourth-order valence-corrected chi connectivity index (χ4v) is 3.49. The second-order valence-corrected chi connectivity index (χ2v) is 8.43. The first kappa shape index (κ1) is 20.3. The lowest BCUT2D eigenvalue weighted by molar-refractivity contribution is 0.0671. The van der Waals surface area contributed by atoms with Gasteiger partial charge in [0.05, 0.1) is 21.5 Å². The topological polar surface area (TPSA) is 69.2 Å². The zero-order valence-electron chi connectivity index (χ0n) is 15.6. The zero-order valence-corrected chi connectivity index (χ0v) is 17.2. The molecule has 3 rings (SSSR count). The third kappa shape index (κ3) is 4.16. The summed E-state index contributed by atoms with van der Waals surface area (Å²) in [4.78, 5) is 20.9. The second kappa shape index (κ2) is 7.50. The van der Waals surface area contributed by atoms with Gasteiger partial charge in [-0.2, -0.15) is 0 Å². The molecule has 3 aromatic rings. The van der Waals surface area contributed by atoms with Crippen molar-refractivity contribution in [1.82, 2.24) is 14.9 Å². The Bertz CT molecular complexity index is 1030. The molecule has 0 saturated carbocycles. The molecule has 1 atom stereocenters. The monoisotopic (exact) mass is 451 g/mol. The molecule has 148 valence electrons. The highest BCUT2D eigenvalue weighted by molar-refractivity contribution is 9.10. The molecule has 1 amide bonds. The van der Waals surface area contributed by atoms with Gasteiger partial charge in [0.15, 0.2) is 0 Å². The fraction of sp³-hybridized carbons (Fsp3) is 0.300. The largest absolute Gasteiger partial charge is 0.465 e. The number of benzene rings is 2. The van der Waals surface area contributed by atoms with E-state index in [1.807, 2.05) is 0 Å². The number of aromatic nitrogens is 2. The number of fused-ring (bicyclic) bond motifs is 1. The zero-order chi connectivity index (χ0) is 20.6. The highest BCUT2D eigenvalue weighted by Gasteiger charge is 2.36. The van der Waals surface area contributed by atoms with E-state index in [9.17, 15) is 18.7 Å². The van der Waals surface area contributed by atoms with E-state index in [1.165, 1.54) is 23.1 Å². The van der Waals surface area contributed by atoms with E-state index in [4.69, 9.17) is 0 Å². The molecule has 8 heteroatoms. The maximum atomic E-state index is 14.0. The maximum absolute atomic E-state index is 14.0. The van der Waals surface area contributed by atoms with E-state index in [2.05, 4.69) is 25.9 Å². The van der Waals surface area contributed by atoms with E-state index in [1.54, 1.807) is 39.0 Å². The van der Waals surface area contributed by atoms with Gasteiger partial charge in [0.25, 0.3) is 0 Å². The molecule has 0 bridgehead atoms. The van der Waals surface area contributed by atoms with Gasteiger partial charge in [-0.1, -0.05) is 6.07 Å². The lowest BCUT2D eigenvalue weighted by Crippen LogP contribution is -2.48. The van der Waals surface area contributed by atoms with E-state index in [0.29, 0.717) is 26.9 Å². The normalized spacial score (nSPS) is 12.9. The summed E-state index contributed by atoms with van der Waals surface area (Å²) in [5.74, 6) is -0.482. The number of hydrogen-bond donors (Lipinski definition) is 2. The first-order valence-electron chi connectivity index (χ1n) is 8.67. The van der Waals surface area contributed by atoms with Crippen molar-refractivity contribution in [2.75, 3.05) is 0 Å². The predicted molar refractivity (Wildman–Crippen MR) is 106 cm³/mol. The van der Waals surface area contributed by atoms with E-state index in [-0.39, 0.29) is 6.42 Å². The van der Waals surface area contributed by atoms with Crippen LogP contribution in [0.3, 0.4) is 0 Å². The third-order valence-corrected chi connectivity index (χ3v) is 5.08. The summed E-state index contributed by atoms with van der Waals surface area (Å²) in [6, 6.07) is 8.11.